The van der Waals surface area contributed by atoms with Crippen LogP contribution in [0.25, 0.3) is 0 Å². The summed E-state index contributed by atoms with van der Waals surface area (Å²) in [6.07, 6.45) is 0.215. The Hall–Kier alpha value is -1.56. The molecule has 2 rings (SSSR count). The average Bonchev–Trinajstić information content (AvgIpc) is 2.63. The van der Waals surface area contributed by atoms with E-state index in [1.165, 1.54) is 12.1 Å². The van der Waals surface area contributed by atoms with Crippen LogP contribution >= 0.6 is 0 Å². The van der Waals surface area contributed by atoms with Crippen molar-refractivity contribution < 1.29 is 18.0 Å². The van der Waals surface area contributed by atoms with Gasteiger partial charge < -0.3 is 11.1 Å². The highest BCUT2D eigenvalue weighted by Crippen LogP contribution is 2.30. The molecular formula is C15H19F3N2O. The van der Waals surface area contributed by atoms with E-state index in [-0.39, 0.29) is 17.9 Å². The number of benzene rings is 1. The number of carbonyl (C=O) groups excluding carboxylic acids is 1. The van der Waals surface area contributed by atoms with Crippen LogP contribution in [0.3, 0.4) is 0 Å². The Labute approximate surface area is 121 Å². The van der Waals surface area contributed by atoms with Gasteiger partial charge in [0.15, 0.2) is 0 Å². The zero-order valence-corrected chi connectivity index (χ0v) is 11.6. The van der Waals surface area contributed by atoms with Gasteiger partial charge in [-0.15, -0.1) is 0 Å². The molecule has 1 aliphatic rings. The van der Waals surface area contributed by atoms with Crippen molar-refractivity contribution >= 4 is 11.6 Å². The van der Waals surface area contributed by atoms with E-state index in [1.54, 1.807) is 0 Å². The Kier molecular flexibility index (Phi) is 4.88. The lowest BCUT2D eigenvalue weighted by Gasteiger charge is -2.20. The summed E-state index contributed by atoms with van der Waals surface area (Å²) < 4.78 is 37.4. The Morgan fingerprint density at radius 3 is 2.33 bits per heavy atom. The van der Waals surface area contributed by atoms with Gasteiger partial charge in [-0.05, 0) is 37.1 Å². The van der Waals surface area contributed by atoms with Gasteiger partial charge in [0.05, 0.1) is 11.5 Å². The van der Waals surface area contributed by atoms with Gasteiger partial charge in [-0.2, -0.15) is 13.2 Å². The van der Waals surface area contributed by atoms with Crippen molar-refractivity contribution in [2.45, 2.75) is 44.3 Å². The van der Waals surface area contributed by atoms with E-state index >= 15 is 0 Å². The van der Waals surface area contributed by atoms with Crippen LogP contribution in [0, 0.1) is 5.92 Å². The highest BCUT2D eigenvalue weighted by molar-refractivity contribution is 5.93. The van der Waals surface area contributed by atoms with Crippen molar-refractivity contribution in [2.24, 2.45) is 11.7 Å². The maximum atomic E-state index is 12.5. The third kappa shape index (κ3) is 4.20. The number of halogens is 3. The normalized spacial score (nSPS) is 23.4. The quantitative estimate of drug-likeness (QED) is 0.821. The van der Waals surface area contributed by atoms with Crippen molar-refractivity contribution in [1.82, 2.24) is 0 Å². The number of hydrogen-bond donors (Lipinski definition) is 2. The molecule has 21 heavy (non-hydrogen) atoms. The van der Waals surface area contributed by atoms with Gasteiger partial charge >= 0.3 is 6.18 Å². The molecule has 0 bridgehead atoms. The minimum Gasteiger partial charge on any atom is -0.327 e. The van der Waals surface area contributed by atoms with Crippen molar-refractivity contribution in [3.05, 3.63) is 29.8 Å². The monoisotopic (exact) mass is 300 g/mol. The number of hydrogen-bond acceptors (Lipinski definition) is 2. The van der Waals surface area contributed by atoms with E-state index in [4.69, 9.17) is 5.73 Å². The molecule has 2 unspecified atom stereocenters. The van der Waals surface area contributed by atoms with E-state index in [1.807, 2.05) is 0 Å². The van der Waals surface area contributed by atoms with Crippen molar-refractivity contribution in [2.75, 3.05) is 5.32 Å². The summed E-state index contributed by atoms with van der Waals surface area (Å²) in [7, 11) is 0. The van der Waals surface area contributed by atoms with Gasteiger partial charge in [-0.3, -0.25) is 4.79 Å². The Balaban J connectivity index is 2.02. The lowest BCUT2D eigenvalue weighted by molar-refractivity contribution is -0.137. The van der Waals surface area contributed by atoms with Crippen LogP contribution in [0.2, 0.25) is 0 Å². The Morgan fingerprint density at radius 1 is 1.10 bits per heavy atom. The molecule has 1 aliphatic carbocycles. The Morgan fingerprint density at radius 2 is 1.71 bits per heavy atom. The minimum atomic E-state index is -4.37. The van der Waals surface area contributed by atoms with E-state index in [9.17, 15) is 18.0 Å². The second-order valence-electron chi connectivity index (χ2n) is 5.47. The third-order valence-corrected chi connectivity index (χ3v) is 3.89. The second kappa shape index (κ2) is 6.47. The molecule has 3 nitrogen and oxygen atoms in total. The molecule has 116 valence electrons. The summed E-state index contributed by atoms with van der Waals surface area (Å²) in [6.45, 7) is 0. The first-order valence-electron chi connectivity index (χ1n) is 7.11. The third-order valence-electron chi connectivity index (χ3n) is 3.89. The van der Waals surface area contributed by atoms with E-state index in [0.717, 1.165) is 44.2 Å². The average molecular weight is 300 g/mol. The first kappa shape index (κ1) is 15.8. The van der Waals surface area contributed by atoms with Gasteiger partial charge in [0.2, 0.25) is 5.91 Å². The van der Waals surface area contributed by atoms with Crippen LogP contribution in [0.4, 0.5) is 18.9 Å². The molecule has 3 N–H and O–H groups in total. The minimum absolute atomic E-state index is 0.179. The SMILES string of the molecule is NC1CCCCCC1C(=O)Nc1ccc(C(F)(F)F)cc1. The van der Waals surface area contributed by atoms with Gasteiger partial charge in [-0.25, -0.2) is 0 Å². The number of rotatable bonds is 2. The molecule has 2 atom stereocenters. The van der Waals surface area contributed by atoms with Crippen molar-refractivity contribution in [3.8, 4) is 0 Å². The molecule has 0 aromatic heterocycles. The smallest absolute Gasteiger partial charge is 0.327 e. The molecule has 1 saturated carbocycles. The fourth-order valence-electron chi connectivity index (χ4n) is 2.64. The number of anilines is 1. The van der Waals surface area contributed by atoms with Gasteiger partial charge in [0.25, 0.3) is 0 Å². The number of amides is 1. The summed E-state index contributed by atoms with van der Waals surface area (Å²) in [4.78, 5) is 12.2. The highest BCUT2D eigenvalue weighted by atomic mass is 19.4. The topological polar surface area (TPSA) is 55.1 Å². The second-order valence-corrected chi connectivity index (χ2v) is 5.47. The van der Waals surface area contributed by atoms with E-state index in [0.29, 0.717) is 5.69 Å². The van der Waals surface area contributed by atoms with Crippen molar-refractivity contribution in [3.63, 3.8) is 0 Å². The van der Waals surface area contributed by atoms with Crippen LogP contribution in [0.15, 0.2) is 24.3 Å². The number of carbonyl (C=O) groups is 1. The lowest BCUT2D eigenvalue weighted by Crippen LogP contribution is -2.37. The number of nitrogens with one attached hydrogen (secondary N) is 1. The zero-order chi connectivity index (χ0) is 15.5. The van der Waals surface area contributed by atoms with Gasteiger partial charge in [0.1, 0.15) is 0 Å². The van der Waals surface area contributed by atoms with E-state index < -0.39 is 11.7 Å². The summed E-state index contributed by atoms with van der Waals surface area (Å²) >= 11 is 0. The molecular weight excluding hydrogens is 281 g/mol. The van der Waals surface area contributed by atoms with Crippen LogP contribution in [-0.2, 0) is 11.0 Å². The molecule has 1 fully saturated rings. The summed E-state index contributed by atoms with van der Waals surface area (Å²) in [5.41, 5.74) is 5.64. The molecule has 0 aliphatic heterocycles. The van der Waals surface area contributed by atoms with Gasteiger partial charge in [0, 0.05) is 11.7 Å². The molecule has 0 heterocycles. The van der Waals surface area contributed by atoms with Crippen LogP contribution in [0.5, 0.6) is 0 Å². The molecule has 1 aromatic rings. The first-order chi connectivity index (χ1) is 9.88. The fourth-order valence-corrected chi connectivity index (χ4v) is 2.64. The predicted molar refractivity (Wildman–Crippen MR) is 74.6 cm³/mol. The van der Waals surface area contributed by atoms with Gasteiger partial charge in [-0.1, -0.05) is 19.3 Å². The first-order valence-corrected chi connectivity index (χ1v) is 7.11. The van der Waals surface area contributed by atoms with Crippen LogP contribution in [0.1, 0.15) is 37.7 Å². The lowest BCUT2D eigenvalue weighted by atomic mass is 9.94. The summed E-state index contributed by atoms with van der Waals surface area (Å²) in [5, 5.41) is 2.66. The molecule has 6 heteroatoms. The number of alkyl halides is 3. The molecule has 0 spiro atoms. The maximum absolute atomic E-state index is 12.5. The van der Waals surface area contributed by atoms with Crippen LogP contribution < -0.4 is 11.1 Å². The molecule has 1 amide bonds. The molecule has 1 aromatic carbocycles. The summed E-state index contributed by atoms with van der Waals surface area (Å²) in [6, 6.07) is 4.28. The summed E-state index contributed by atoms with van der Waals surface area (Å²) in [5.74, 6) is -0.473. The predicted octanol–water partition coefficient (Wildman–Crippen LogP) is 3.55. The largest absolute Gasteiger partial charge is 0.416 e. The fraction of sp³-hybridized carbons (Fsp3) is 0.533. The maximum Gasteiger partial charge on any atom is 0.416 e. The van der Waals surface area contributed by atoms with Crippen molar-refractivity contribution in [1.29, 1.82) is 0 Å². The highest BCUT2D eigenvalue weighted by Gasteiger charge is 2.30. The molecule has 0 radical (unpaired) electrons. The van der Waals surface area contributed by atoms with E-state index in [2.05, 4.69) is 5.32 Å². The standard InChI is InChI=1S/C15H19F3N2O/c16-15(17,18)10-6-8-11(9-7-10)20-14(21)12-4-2-1-3-5-13(12)19/h6-9,12-13H,1-5,19H2,(H,20,21). The number of nitrogens with two attached hydrogens (primary N) is 1. The zero-order valence-electron chi connectivity index (χ0n) is 11.6. The van der Waals surface area contributed by atoms with Crippen LogP contribution in [-0.4, -0.2) is 11.9 Å². The molecule has 0 saturated heterocycles. The Bertz CT molecular complexity index is 485.